The molecule has 0 heterocycles. The van der Waals surface area contributed by atoms with Gasteiger partial charge in [0.05, 0.1) is 25.4 Å². The van der Waals surface area contributed by atoms with Gasteiger partial charge < -0.3 is 20.3 Å². The Bertz CT molecular complexity index is 854. The molecule has 0 aromatic rings. The van der Waals surface area contributed by atoms with Gasteiger partial charge in [0.1, 0.15) is 0 Å². The summed E-state index contributed by atoms with van der Waals surface area (Å²) in [4.78, 5) is 24.3. The SMILES string of the molecule is CCCC/C=C\C/C=C\CCCCCCCC(=O)OCCCCCCCCCCCCCC(=O)NC(CO)C(O)/C=C/CCCCCCCCCC. The fraction of sp³-hybridized carbons (Fsp3) is 0.826. The number of rotatable bonds is 40. The molecule has 0 aliphatic heterocycles. The lowest BCUT2D eigenvalue weighted by atomic mass is 10.0. The zero-order valence-corrected chi connectivity index (χ0v) is 34.3. The summed E-state index contributed by atoms with van der Waals surface area (Å²) in [6, 6.07) is -0.641. The Morgan fingerprint density at radius 3 is 1.52 bits per heavy atom. The lowest BCUT2D eigenvalue weighted by Gasteiger charge is -2.20. The highest BCUT2D eigenvalue weighted by Gasteiger charge is 2.18. The van der Waals surface area contributed by atoms with Gasteiger partial charge in [0.15, 0.2) is 0 Å². The number of amides is 1. The van der Waals surface area contributed by atoms with E-state index < -0.39 is 12.1 Å². The molecule has 3 N–H and O–H groups in total. The van der Waals surface area contributed by atoms with E-state index in [-0.39, 0.29) is 18.5 Å². The molecule has 0 aliphatic carbocycles. The molecule has 0 radical (unpaired) electrons. The number of ether oxygens (including phenoxy) is 1. The van der Waals surface area contributed by atoms with E-state index in [2.05, 4.69) is 43.5 Å². The number of allylic oxidation sites excluding steroid dienone is 5. The predicted octanol–water partition coefficient (Wildman–Crippen LogP) is 12.6. The number of esters is 1. The van der Waals surface area contributed by atoms with E-state index >= 15 is 0 Å². The van der Waals surface area contributed by atoms with E-state index in [9.17, 15) is 19.8 Å². The zero-order valence-electron chi connectivity index (χ0n) is 34.3. The van der Waals surface area contributed by atoms with E-state index in [1.807, 2.05) is 6.08 Å². The number of unbranched alkanes of at least 4 members (excludes halogenated alkanes) is 25. The molecule has 52 heavy (non-hydrogen) atoms. The predicted molar refractivity (Wildman–Crippen MR) is 222 cm³/mol. The maximum atomic E-state index is 12.3. The summed E-state index contributed by atoms with van der Waals surface area (Å²) in [6.07, 6.45) is 48.4. The molecule has 1 amide bonds. The smallest absolute Gasteiger partial charge is 0.305 e. The topological polar surface area (TPSA) is 95.9 Å². The monoisotopic (exact) mass is 732 g/mol. The van der Waals surface area contributed by atoms with Gasteiger partial charge in [0, 0.05) is 12.8 Å². The number of hydrogen-bond acceptors (Lipinski definition) is 5. The van der Waals surface area contributed by atoms with Gasteiger partial charge in [0.2, 0.25) is 5.91 Å². The Kier molecular flexibility index (Phi) is 40.3. The van der Waals surface area contributed by atoms with Crippen molar-refractivity contribution in [2.75, 3.05) is 13.2 Å². The minimum Gasteiger partial charge on any atom is -0.466 e. The van der Waals surface area contributed by atoms with Crippen molar-refractivity contribution in [3.63, 3.8) is 0 Å². The molecule has 0 saturated carbocycles. The third-order valence-electron chi connectivity index (χ3n) is 9.91. The molecule has 0 aromatic carbocycles. The number of carbonyl (C=O) groups excluding carboxylic acids is 2. The van der Waals surface area contributed by atoms with Gasteiger partial charge in [-0.25, -0.2) is 0 Å². The summed E-state index contributed by atoms with van der Waals surface area (Å²) in [7, 11) is 0. The summed E-state index contributed by atoms with van der Waals surface area (Å²) in [6.45, 7) is 4.77. The Balaban J connectivity index is 3.52. The van der Waals surface area contributed by atoms with E-state index in [4.69, 9.17) is 4.74 Å². The average molecular weight is 732 g/mol. The van der Waals surface area contributed by atoms with E-state index in [1.54, 1.807) is 6.08 Å². The standard InChI is InChI=1S/C46H85NO5/c1-3-5-7-9-11-13-15-16-17-20-24-28-32-36-40-46(51)52-41-37-33-29-25-21-18-19-23-27-31-35-39-45(50)47-43(42-48)44(49)38-34-30-26-22-14-12-10-8-6-4-2/h9,11,15-16,34,38,43-44,48-49H,3-8,10,12-14,17-33,35-37,39-42H2,1-2H3,(H,47,50)/b11-9-,16-15-,38-34+. The lowest BCUT2D eigenvalue weighted by molar-refractivity contribution is -0.143. The van der Waals surface area contributed by atoms with Crippen molar-refractivity contribution in [3.05, 3.63) is 36.5 Å². The third-order valence-corrected chi connectivity index (χ3v) is 9.91. The summed E-state index contributed by atoms with van der Waals surface area (Å²) < 4.78 is 5.43. The van der Waals surface area contributed by atoms with E-state index in [0.29, 0.717) is 19.4 Å². The van der Waals surface area contributed by atoms with Crippen LogP contribution in [0.4, 0.5) is 0 Å². The third kappa shape index (κ3) is 37.8. The van der Waals surface area contributed by atoms with Crippen LogP contribution in [0.1, 0.15) is 219 Å². The van der Waals surface area contributed by atoms with Crippen LogP contribution < -0.4 is 5.32 Å². The highest BCUT2D eigenvalue weighted by Crippen LogP contribution is 2.14. The number of aliphatic hydroxyl groups is 2. The molecule has 0 fully saturated rings. The number of aliphatic hydroxyl groups excluding tert-OH is 2. The van der Waals surface area contributed by atoms with Crippen molar-refractivity contribution in [3.8, 4) is 0 Å². The fourth-order valence-corrected chi connectivity index (χ4v) is 6.41. The lowest BCUT2D eigenvalue weighted by Crippen LogP contribution is -2.45. The average Bonchev–Trinajstić information content (AvgIpc) is 3.14. The molecular weight excluding hydrogens is 647 g/mol. The second kappa shape index (κ2) is 41.8. The minimum atomic E-state index is -0.855. The summed E-state index contributed by atoms with van der Waals surface area (Å²) in [5.74, 6) is -0.123. The van der Waals surface area contributed by atoms with Crippen LogP contribution in [-0.2, 0) is 14.3 Å². The molecule has 6 nitrogen and oxygen atoms in total. The van der Waals surface area contributed by atoms with Crippen molar-refractivity contribution in [1.29, 1.82) is 0 Å². The van der Waals surface area contributed by atoms with Gasteiger partial charge in [-0.2, -0.15) is 0 Å². The summed E-state index contributed by atoms with van der Waals surface area (Å²) in [5, 5.41) is 22.9. The summed E-state index contributed by atoms with van der Waals surface area (Å²) >= 11 is 0. The van der Waals surface area contributed by atoms with Crippen LogP contribution in [0.15, 0.2) is 36.5 Å². The molecule has 0 aliphatic rings. The van der Waals surface area contributed by atoms with Crippen LogP contribution in [0.5, 0.6) is 0 Å². The van der Waals surface area contributed by atoms with E-state index in [1.165, 1.54) is 122 Å². The second-order valence-corrected chi connectivity index (χ2v) is 15.0. The first-order valence-electron chi connectivity index (χ1n) is 22.3. The Morgan fingerprint density at radius 1 is 0.538 bits per heavy atom. The van der Waals surface area contributed by atoms with E-state index in [0.717, 1.165) is 70.6 Å². The van der Waals surface area contributed by atoms with Crippen molar-refractivity contribution in [2.45, 2.75) is 231 Å². The van der Waals surface area contributed by atoms with Crippen LogP contribution in [0, 0.1) is 0 Å². The molecule has 2 atom stereocenters. The minimum absolute atomic E-state index is 0.0315. The Hall–Kier alpha value is -1.92. The molecule has 304 valence electrons. The molecule has 0 spiro atoms. The first-order chi connectivity index (χ1) is 25.5. The van der Waals surface area contributed by atoms with Crippen molar-refractivity contribution in [1.82, 2.24) is 5.32 Å². The van der Waals surface area contributed by atoms with Gasteiger partial charge in [-0.1, -0.05) is 185 Å². The first-order valence-corrected chi connectivity index (χ1v) is 22.3. The van der Waals surface area contributed by atoms with Gasteiger partial charge in [-0.3, -0.25) is 9.59 Å². The van der Waals surface area contributed by atoms with Crippen LogP contribution in [0.2, 0.25) is 0 Å². The molecular formula is C46H85NO5. The van der Waals surface area contributed by atoms with Crippen LogP contribution >= 0.6 is 0 Å². The van der Waals surface area contributed by atoms with Crippen LogP contribution in [0.25, 0.3) is 0 Å². The van der Waals surface area contributed by atoms with Gasteiger partial charge in [-0.15, -0.1) is 0 Å². The molecule has 0 bridgehead atoms. The molecule has 0 rings (SSSR count). The quantitative estimate of drug-likeness (QED) is 0.0331. The van der Waals surface area contributed by atoms with Crippen LogP contribution in [0.3, 0.4) is 0 Å². The van der Waals surface area contributed by atoms with Crippen LogP contribution in [-0.4, -0.2) is 47.4 Å². The van der Waals surface area contributed by atoms with Crippen molar-refractivity contribution >= 4 is 11.9 Å². The zero-order chi connectivity index (χ0) is 38.0. The molecule has 2 unspecified atom stereocenters. The van der Waals surface area contributed by atoms with Gasteiger partial charge in [-0.05, 0) is 57.8 Å². The maximum Gasteiger partial charge on any atom is 0.305 e. The largest absolute Gasteiger partial charge is 0.466 e. The Labute approximate surface area is 322 Å². The highest BCUT2D eigenvalue weighted by atomic mass is 16.5. The molecule has 0 saturated heterocycles. The number of carbonyl (C=O) groups is 2. The molecule has 0 aromatic heterocycles. The molecule has 6 heteroatoms. The van der Waals surface area contributed by atoms with Crippen molar-refractivity contribution in [2.24, 2.45) is 0 Å². The number of nitrogens with one attached hydrogen (secondary N) is 1. The van der Waals surface area contributed by atoms with Gasteiger partial charge >= 0.3 is 5.97 Å². The normalized spacial score (nSPS) is 13.1. The number of hydrogen-bond donors (Lipinski definition) is 3. The fourth-order valence-electron chi connectivity index (χ4n) is 6.41. The van der Waals surface area contributed by atoms with Gasteiger partial charge in [0.25, 0.3) is 0 Å². The second-order valence-electron chi connectivity index (χ2n) is 15.0. The summed E-state index contributed by atoms with van der Waals surface area (Å²) in [5.41, 5.74) is 0. The Morgan fingerprint density at radius 2 is 0.981 bits per heavy atom. The first kappa shape index (κ1) is 50.1. The maximum absolute atomic E-state index is 12.3. The highest BCUT2D eigenvalue weighted by molar-refractivity contribution is 5.76. The van der Waals surface area contributed by atoms with Crippen molar-refractivity contribution < 1.29 is 24.5 Å².